The number of hydrogen-bond acceptors (Lipinski definition) is 6. The molecule has 9 heteroatoms. The Hall–Kier alpha value is -3.56. The molecule has 3 rings (SSSR count). The fraction of sp³-hybridized carbons (Fsp3) is 0.240. The van der Waals surface area contributed by atoms with E-state index in [1.54, 1.807) is 24.3 Å². The van der Waals surface area contributed by atoms with E-state index in [4.69, 9.17) is 14.2 Å². The molecule has 0 bridgehead atoms. The lowest BCUT2D eigenvalue weighted by atomic mass is 10.2. The second kappa shape index (κ2) is 11.0. The van der Waals surface area contributed by atoms with Gasteiger partial charge in [0.25, 0.3) is 0 Å². The van der Waals surface area contributed by atoms with E-state index in [-0.39, 0.29) is 17.2 Å². The Balaban J connectivity index is 1.94. The van der Waals surface area contributed by atoms with E-state index < -0.39 is 22.5 Å². The third-order valence-corrected chi connectivity index (χ3v) is 6.93. The fourth-order valence-electron chi connectivity index (χ4n) is 3.41. The molecule has 0 unspecified atom stereocenters. The zero-order valence-corrected chi connectivity index (χ0v) is 20.4. The largest absolute Gasteiger partial charge is 0.495 e. The Morgan fingerprint density at radius 3 is 2.15 bits per heavy atom. The van der Waals surface area contributed by atoms with Crippen LogP contribution in [0.5, 0.6) is 17.2 Å². The van der Waals surface area contributed by atoms with E-state index in [9.17, 15) is 13.2 Å². The van der Waals surface area contributed by atoms with Gasteiger partial charge in [0.15, 0.2) is 11.5 Å². The summed E-state index contributed by atoms with van der Waals surface area (Å²) in [5.74, 6) is 0.665. The molecule has 8 nitrogen and oxygen atoms in total. The third kappa shape index (κ3) is 5.86. The first-order chi connectivity index (χ1) is 16.3. The predicted octanol–water partition coefficient (Wildman–Crippen LogP) is 3.85. The van der Waals surface area contributed by atoms with Gasteiger partial charge in [0.1, 0.15) is 5.75 Å². The van der Waals surface area contributed by atoms with Gasteiger partial charge < -0.3 is 19.5 Å². The lowest BCUT2D eigenvalue weighted by Crippen LogP contribution is -2.37. The first-order valence-corrected chi connectivity index (χ1v) is 11.9. The van der Waals surface area contributed by atoms with Crippen LogP contribution in [0.15, 0.2) is 71.6 Å². The molecule has 180 valence electrons. The molecule has 0 heterocycles. The number of methoxy groups -OCH3 is 3. The van der Waals surface area contributed by atoms with Gasteiger partial charge in [-0.1, -0.05) is 36.4 Å². The molecule has 0 spiro atoms. The van der Waals surface area contributed by atoms with Crippen molar-refractivity contribution >= 4 is 21.6 Å². The van der Waals surface area contributed by atoms with Crippen LogP contribution in [0.4, 0.5) is 5.69 Å². The molecule has 0 radical (unpaired) electrons. The molecule has 1 amide bonds. The van der Waals surface area contributed by atoms with Crippen LogP contribution in [0.2, 0.25) is 0 Å². The maximum absolute atomic E-state index is 13.6. The molecule has 0 fully saturated rings. The van der Waals surface area contributed by atoms with Gasteiger partial charge in [-0.2, -0.15) is 4.31 Å². The van der Waals surface area contributed by atoms with Crippen molar-refractivity contribution in [1.29, 1.82) is 0 Å². The summed E-state index contributed by atoms with van der Waals surface area (Å²) in [6.07, 6.45) is 0. The molecule has 0 atom stereocenters. The number of carbonyl (C=O) groups is 1. The first-order valence-electron chi connectivity index (χ1n) is 10.5. The minimum atomic E-state index is -4.06. The van der Waals surface area contributed by atoms with Gasteiger partial charge in [-0.05, 0) is 42.3 Å². The third-order valence-electron chi connectivity index (χ3n) is 5.14. The van der Waals surface area contributed by atoms with E-state index in [1.807, 2.05) is 31.2 Å². The summed E-state index contributed by atoms with van der Waals surface area (Å²) in [4.78, 5) is 13.0. The SMILES string of the molecule is COc1ccc(C)cc1NC(=O)CN(Cc1ccccc1)S(=O)(=O)c1ccc(OC)c(OC)c1. The summed E-state index contributed by atoms with van der Waals surface area (Å²) in [7, 11) is 0.340. The van der Waals surface area contributed by atoms with Crippen molar-refractivity contribution in [2.24, 2.45) is 0 Å². The van der Waals surface area contributed by atoms with Crippen LogP contribution in [-0.2, 0) is 21.4 Å². The summed E-state index contributed by atoms with van der Waals surface area (Å²) in [5, 5.41) is 2.77. The molecule has 0 aliphatic carbocycles. The molecule has 1 N–H and O–H groups in total. The van der Waals surface area contributed by atoms with Crippen molar-refractivity contribution in [1.82, 2.24) is 4.31 Å². The van der Waals surface area contributed by atoms with Crippen LogP contribution < -0.4 is 19.5 Å². The number of anilines is 1. The van der Waals surface area contributed by atoms with Crippen molar-refractivity contribution in [2.45, 2.75) is 18.4 Å². The number of hydrogen-bond donors (Lipinski definition) is 1. The molecular formula is C25H28N2O6S. The van der Waals surface area contributed by atoms with Gasteiger partial charge in [0.2, 0.25) is 15.9 Å². The highest BCUT2D eigenvalue weighted by atomic mass is 32.2. The highest BCUT2D eigenvalue weighted by Gasteiger charge is 2.28. The second-order valence-electron chi connectivity index (χ2n) is 7.53. The number of aryl methyl sites for hydroxylation is 1. The highest BCUT2D eigenvalue weighted by Crippen LogP contribution is 2.31. The summed E-state index contributed by atoms with van der Waals surface area (Å²) in [6.45, 7) is 1.50. The molecule has 0 aromatic heterocycles. The number of rotatable bonds is 10. The summed E-state index contributed by atoms with van der Waals surface area (Å²) in [5.41, 5.74) is 2.14. The lowest BCUT2D eigenvalue weighted by Gasteiger charge is -2.23. The Bertz CT molecular complexity index is 1250. The van der Waals surface area contributed by atoms with Crippen LogP contribution in [0, 0.1) is 6.92 Å². The minimum Gasteiger partial charge on any atom is -0.495 e. The average Bonchev–Trinajstić information content (AvgIpc) is 2.84. The first kappa shape index (κ1) is 25.1. The minimum absolute atomic E-state index is 0.00981. The summed E-state index contributed by atoms with van der Waals surface area (Å²) in [6, 6.07) is 18.8. The van der Waals surface area contributed by atoms with Gasteiger partial charge in [-0.3, -0.25) is 4.79 Å². The zero-order valence-electron chi connectivity index (χ0n) is 19.6. The van der Waals surface area contributed by atoms with Gasteiger partial charge in [0.05, 0.1) is 38.5 Å². The van der Waals surface area contributed by atoms with Gasteiger partial charge in [0, 0.05) is 12.6 Å². The maximum Gasteiger partial charge on any atom is 0.243 e. The second-order valence-corrected chi connectivity index (χ2v) is 9.47. The molecule has 3 aromatic carbocycles. The van der Waals surface area contributed by atoms with Crippen LogP contribution in [0.3, 0.4) is 0 Å². The number of nitrogens with one attached hydrogen (secondary N) is 1. The van der Waals surface area contributed by atoms with Crippen LogP contribution in [-0.4, -0.2) is 46.5 Å². The number of benzene rings is 3. The topological polar surface area (TPSA) is 94.2 Å². The quantitative estimate of drug-likeness (QED) is 0.470. The zero-order chi connectivity index (χ0) is 24.7. The standard InChI is InChI=1S/C25H28N2O6S/c1-18-10-12-22(31-2)21(14-18)26-25(28)17-27(16-19-8-6-5-7-9-19)34(29,30)20-11-13-23(32-3)24(15-20)33-4/h5-15H,16-17H2,1-4H3,(H,26,28). The Morgan fingerprint density at radius 1 is 0.853 bits per heavy atom. The van der Waals surface area contributed by atoms with Crippen molar-refractivity contribution < 1.29 is 27.4 Å². The van der Waals surface area contributed by atoms with Crippen LogP contribution in [0.25, 0.3) is 0 Å². The normalized spacial score (nSPS) is 11.2. The average molecular weight is 485 g/mol. The van der Waals surface area contributed by atoms with Gasteiger partial charge >= 0.3 is 0 Å². The number of sulfonamides is 1. The summed E-state index contributed by atoms with van der Waals surface area (Å²) < 4.78 is 44.1. The molecular weight excluding hydrogens is 456 g/mol. The Morgan fingerprint density at radius 2 is 1.50 bits per heavy atom. The van der Waals surface area contributed by atoms with Crippen molar-refractivity contribution in [3.05, 3.63) is 77.9 Å². The number of amides is 1. The molecule has 0 saturated heterocycles. The smallest absolute Gasteiger partial charge is 0.243 e. The van der Waals surface area contributed by atoms with E-state index in [1.165, 1.54) is 39.5 Å². The highest BCUT2D eigenvalue weighted by molar-refractivity contribution is 7.89. The lowest BCUT2D eigenvalue weighted by molar-refractivity contribution is -0.116. The molecule has 34 heavy (non-hydrogen) atoms. The maximum atomic E-state index is 13.6. The van der Waals surface area contributed by atoms with Crippen molar-refractivity contribution in [2.75, 3.05) is 33.2 Å². The number of nitrogens with zero attached hydrogens (tertiary/aromatic N) is 1. The Labute approximate surface area is 200 Å². The summed E-state index contributed by atoms with van der Waals surface area (Å²) >= 11 is 0. The molecule has 0 aliphatic rings. The molecule has 3 aromatic rings. The monoisotopic (exact) mass is 484 g/mol. The van der Waals surface area contributed by atoms with E-state index in [2.05, 4.69) is 5.32 Å². The fourth-order valence-corrected chi connectivity index (χ4v) is 4.81. The van der Waals surface area contributed by atoms with E-state index >= 15 is 0 Å². The van der Waals surface area contributed by atoms with E-state index in [0.29, 0.717) is 17.2 Å². The van der Waals surface area contributed by atoms with Crippen molar-refractivity contribution in [3.63, 3.8) is 0 Å². The van der Waals surface area contributed by atoms with Crippen molar-refractivity contribution in [3.8, 4) is 17.2 Å². The van der Waals surface area contributed by atoms with Crippen LogP contribution >= 0.6 is 0 Å². The Kier molecular flexibility index (Phi) is 8.14. The van der Waals surface area contributed by atoms with Gasteiger partial charge in [-0.25, -0.2) is 8.42 Å². The number of carbonyl (C=O) groups excluding carboxylic acids is 1. The van der Waals surface area contributed by atoms with Crippen LogP contribution in [0.1, 0.15) is 11.1 Å². The predicted molar refractivity (Wildman–Crippen MR) is 130 cm³/mol. The molecule has 0 aliphatic heterocycles. The molecule has 0 saturated carbocycles. The van der Waals surface area contributed by atoms with E-state index in [0.717, 1.165) is 15.4 Å². The number of ether oxygens (including phenoxy) is 3. The van der Waals surface area contributed by atoms with Gasteiger partial charge in [-0.15, -0.1) is 0 Å².